The number of nitrogens with one attached hydrogen (secondary N) is 2. The molecule has 0 amide bonds. The van der Waals surface area contributed by atoms with E-state index in [1.54, 1.807) is 26.3 Å². The van der Waals surface area contributed by atoms with Crippen LogP contribution in [0.1, 0.15) is 12.5 Å². The van der Waals surface area contributed by atoms with Crippen molar-refractivity contribution in [3.05, 3.63) is 59.9 Å². The summed E-state index contributed by atoms with van der Waals surface area (Å²) in [5.41, 5.74) is 0.979. The fourth-order valence-corrected chi connectivity index (χ4v) is 2.18. The Hall–Kier alpha value is -2.76. The minimum atomic E-state index is -0.240. The first kappa shape index (κ1) is 18.6. The number of aliphatic imine (C=N–C) groups is 1. The van der Waals surface area contributed by atoms with E-state index in [1.807, 2.05) is 31.2 Å². The number of ether oxygens (including phenoxy) is 2. The lowest BCUT2D eigenvalue weighted by Gasteiger charge is -2.18. The van der Waals surface area contributed by atoms with E-state index >= 15 is 0 Å². The molecule has 2 rings (SSSR count). The fraction of sp³-hybridized carbons (Fsp3) is 0.316. The summed E-state index contributed by atoms with van der Waals surface area (Å²) in [5.74, 6) is 2.00. The number of nitrogens with zero attached hydrogens (tertiary/aromatic N) is 1. The number of hydrogen-bond donors (Lipinski definition) is 2. The zero-order valence-corrected chi connectivity index (χ0v) is 14.8. The molecule has 0 bridgehead atoms. The zero-order chi connectivity index (χ0) is 18.1. The average Bonchev–Trinajstić information content (AvgIpc) is 2.64. The minimum Gasteiger partial charge on any atom is -0.497 e. The molecule has 1 atom stereocenters. The standard InChI is InChI=1S/C19H24FN3O2/c1-14(25-18-10-8-17(24-3)9-11-18)12-22-19(21-2)23-13-15-4-6-16(20)7-5-15/h4-11,14H,12-13H2,1-3H3,(H2,21,22,23). The topological polar surface area (TPSA) is 54.9 Å². The van der Waals surface area contributed by atoms with Crippen molar-refractivity contribution >= 4 is 5.96 Å². The van der Waals surface area contributed by atoms with Crippen molar-refractivity contribution in [2.45, 2.75) is 19.6 Å². The van der Waals surface area contributed by atoms with Gasteiger partial charge in [-0.3, -0.25) is 4.99 Å². The van der Waals surface area contributed by atoms with Crippen molar-refractivity contribution in [2.24, 2.45) is 4.99 Å². The number of halogens is 1. The van der Waals surface area contributed by atoms with Gasteiger partial charge in [0, 0.05) is 13.6 Å². The molecule has 0 spiro atoms. The summed E-state index contributed by atoms with van der Waals surface area (Å²) in [7, 11) is 3.34. The third-order valence-electron chi connectivity index (χ3n) is 3.55. The third-order valence-corrected chi connectivity index (χ3v) is 3.55. The lowest BCUT2D eigenvalue weighted by molar-refractivity contribution is 0.223. The molecule has 2 aromatic rings. The van der Waals surface area contributed by atoms with Gasteiger partial charge in [-0.05, 0) is 48.9 Å². The smallest absolute Gasteiger partial charge is 0.191 e. The van der Waals surface area contributed by atoms with Gasteiger partial charge in [-0.15, -0.1) is 0 Å². The van der Waals surface area contributed by atoms with Gasteiger partial charge in [0.25, 0.3) is 0 Å². The fourth-order valence-electron chi connectivity index (χ4n) is 2.18. The van der Waals surface area contributed by atoms with E-state index in [1.165, 1.54) is 12.1 Å². The van der Waals surface area contributed by atoms with Gasteiger partial charge in [-0.25, -0.2) is 4.39 Å². The summed E-state index contributed by atoms with van der Waals surface area (Å²) in [6.45, 7) is 3.13. The van der Waals surface area contributed by atoms with Gasteiger partial charge in [0.2, 0.25) is 0 Å². The summed E-state index contributed by atoms with van der Waals surface area (Å²) in [5, 5.41) is 6.39. The molecule has 6 heteroatoms. The molecule has 0 saturated heterocycles. The summed E-state index contributed by atoms with van der Waals surface area (Å²) in [6.07, 6.45) is -0.0437. The number of methoxy groups -OCH3 is 1. The predicted molar refractivity (Wildman–Crippen MR) is 97.7 cm³/mol. The Balaban J connectivity index is 1.76. The second kappa shape index (κ2) is 9.52. The minimum absolute atomic E-state index is 0.0437. The largest absolute Gasteiger partial charge is 0.497 e. The van der Waals surface area contributed by atoms with E-state index in [2.05, 4.69) is 15.6 Å². The van der Waals surface area contributed by atoms with Gasteiger partial charge in [0.05, 0.1) is 13.7 Å². The lowest BCUT2D eigenvalue weighted by atomic mass is 10.2. The molecule has 0 heterocycles. The van der Waals surface area contributed by atoms with Crippen LogP contribution in [-0.4, -0.2) is 32.8 Å². The monoisotopic (exact) mass is 345 g/mol. The normalized spacial score (nSPS) is 12.4. The molecule has 0 fully saturated rings. The van der Waals surface area contributed by atoms with Crippen LogP contribution in [0, 0.1) is 5.82 Å². The van der Waals surface area contributed by atoms with E-state index in [0.717, 1.165) is 17.1 Å². The van der Waals surface area contributed by atoms with Crippen molar-refractivity contribution in [2.75, 3.05) is 20.7 Å². The van der Waals surface area contributed by atoms with Gasteiger partial charge >= 0.3 is 0 Å². The molecule has 134 valence electrons. The van der Waals surface area contributed by atoms with E-state index in [9.17, 15) is 4.39 Å². The number of hydrogen-bond acceptors (Lipinski definition) is 3. The highest BCUT2D eigenvalue weighted by Crippen LogP contribution is 2.17. The second-order valence-electron chi connectivity index (χ2n) is 5.54. The van der Waals surface area contributed by atoms with Gasteiger partial charge in [0.1, 0.15) is 23.4 Å². The van der Waals surface area contributed by atoms with Gasteiger partial charge in [0.15, 0.2) is 5.96 Å². The van der Waals surface area contributed by atoms with Crippen molar-refractivity contribution in [1.82, 2.24) is 10.6 Å². The van der Waals surface area contributed by atoms with Crippen LogP contribution in [0.4, 0.5) is 4.39 Å². The summed E-state index contributed by atoms with van der Waals surface area (Å²) in [6, 6.07) is 13.8. The third kappa shape index (κ3) is 6.33. The van der Waals surface area contributed by atoms with Gasteiger partial charge in [-0.2, -0.15) is 0 Å². The molecular formula is C19H24FN3O2. The first-order valence-electron chi connectivity index (χ1n) is 8.10. The van der Waals surface area contributed by atoms with E-state index in [4.69, 9.17) is 9.47 Å². The molecule has 5 nitrogen and oxygen atoms in total. The van der Waals surface area contributed by atoms with Crippen LogP contribution in [0.5, 0.6) is 11.5 Å². The highest BCUT2D eigenvalue weighted by atomic mass is 19.1. The maximum Gasteiger partial charge on any atom is 0.191 e. The maximum atomic E-state index is 12.9. The van der Waals surface area contributed by atoms with Crippen LogP contribution in [0.15, 0.2) is 53.5 Å². The molecule has 0 aliphatic heterocycles. The number of benzene rings is 2. The van der Waals surface area contributed by atoms with Crippen LogP contribution >= 0.6 is 0 Å². The Labute approximate surface area is 147 Å². The summed E-state index contributed by atoms with van der Waals surface area (Å²) < 4.78 is 23.9. The molecule has 0 aliphatic rings. The number of guanidine groups is 1. The molecule has 0 aliphatic carbocycles. The highest BCUT2D eigenvalue weighted by Gasteiger charge is 2.06. The number of rotatable bonds is 7. The quantitative estimate of drug-likeness (QED) is 0.598. The molecule has 1 unspecified atom stereocenters. The van der Waals surface area contributed by atoms with Crippen LogP contribution in [0.2, 0.25) is 0 Å². The molecule has 25 heavy (non-hydrogen) atoms. The molecular weight excluding hydrogens is 321 g/mol. The Morgan fingerprint density at radius 3 is 2.28 bits per heavy atom. The first-order chi connectivity index (χ1) is 12.1. The van der Waals surface area contributed by atoms with Crippen LogP contribution in [0.25, 0.3) is 0 Å². The Morgan fingerprint density at radius 2 is 1.68 bits per heavy atom. The van der Waals surface area contributed by atoms with Gasteiger partial charge in [-0.1, -0.05) is 12.1 Å². The summed E-state index contributed by atoms with van der Waals surface area (Å²) in [4.78, 5) is 4.17. The molecule has 0 saturated carbocycles. The lowest BCUT2D eigenvalue weighted by Crippen LogP contribution is -2.41. The van der Waals surface area contributed by atoms with E-state index in [0.29, 0.717) is 19.0 Å². The molecule has 0 aromatic heterocycles. The highest BCUT2D eigenvalue weighted by molar-refractivity contribution is 5.79. The van der Waals surface area contributed by atoms with E-state index in [-0.39, 0.29) is 11.9 Å². The zero-order valence-electron chi connectivity index (χ0n) is 14.8. The predicted octanol–water partition coefficient (Wildman–Crippen LogP) is 2.97. The Kier molecular flexibility index (Phi) is 7.07. The molecule has 0 radical (unpaired) electrons. The summed E-state index contributed by atoms with van der Waals surface area (Å²) >= 11 is 0. The van der Waals surface area contributed by atoms with E-state index < -0.39 is 0 Å². The van der Waals surface area contributed by atoms with Crippen molar-refractivity contribution in [3.8, 4) is 11.5 Å². The van der Waals surface area contributed by atoms with Crippen molar-refractivity contribution in [3.63, 3.8) is 0 Å². The van der Waals surface area contributed by atoms with Crippen LogP contribution in [0.3, 0.4) is 0 Å². The molecule has 2 aromatic carbocycles. The first-order valence-corrected chi connectivity index (χ1v) is 8.10. The van der Waals surface area contributed by atoms with Crippen LogP contribution < -0.4 is 20.1 Å². The Morgan fingerprint density at radius 1 is 1.04 bits per heavy atom. The van der Waals surface area contributed by atoms with Gasteiger partial charge < -0.3 is 20.1 Å². The maximum absolute atomic E-state index is 12.9. The second-order valence-corrected chi connectivity index (χ2v) is 5.54. The average molecular weight is 345 g/mol. The SMILES string of the molecule is CN=C(NCc1ccc(F)cc1)NCC(C)Oc1ccc(OC)cc1. The Bertz CT molecular complexity index is 672. The van der Waals surface area contributed by atoms with Crippen LogP contribution in [-0.2, 0) is 6.54 Å². The molecule has 2 N–H and O–H groups in total. The van der Waals surface area contributed by atoms with Crippen molar-refractivity contribution < 1.29 is 13.9 Å². The van der Waals surface area contributed by atoms with Crippen molar-refractivity contribution in [1.29, 1.82) is 0 Å².